The van der Waals surface area contributed by atoms with Gasteiger partial charge in [-0.1, -0.05) is 30.3 Å². The van der Waals surface area contributed by atoms with Gasteiger partial charge in [0.25, 0.3) is 0 Å². The average Bonchev–Trinajstić information content (AvgIpc) is 3.45. The van der Waals surface area contributed by atoms with Gasteiger partial charge in [-0.05, 0) is 29.3 Å². The molecule has 0 N–H and O–H groups in total. The van der Waals surface area contributed by atoms with Crippen molar-refractivity contribution in [2.75, 3.05) is 19.8 Å². The third kappa shape index (κ3) is 9.16. The van der Waals surface area contributed by atoms with Crippen molar-refractivity contribution in [3.05, 3.63) is 59.7 Å². The minimum Gasteiger partial charge on any atom is -0.488 e. The highest BCUT2D eigenvalue weighted by Crippen LogP contribution is 2.33. The van der Waals surface area contributed by atoms with E-state index in [1.807, 2.05) is 36.4 Å². The minimum atomic E-state index is -1.33. The van der Waals surface area contributed by atoms with Gasteiger partial charge in [-0.15, -0.1) is 0 Å². The fraction of sp³-hybridized carbons (Fsp3) is 0.484. The Balaban J connectivity index is 1.59. The predicted molar refractivity (Wildman–Crippen MR) is 148 cm³/mol. The molecule has 2 fully saturated rings. The van der Waals surface area contributed by atoms with Gasteiger partial charge in [-0.2, -0.15) is 0 Å². The van der Waals surface area contributed by atoms with E-state index in [0.29, 0.717) is 25.4 Å². The molecule has 2 aliphatic heterocycles. The number of hydrogen-bond acceptors (Lipinski definition) is 12. The molecule has 232 valence electrons. The zero-order chi connectivity index (χ0) is 30.9. The van der Waals surface area contributed by atoms with Gasteiger partial charge < -0.3 is 37.9 Å². The van der Waals surface area contributed by atoms with Gasteiger partial charge in [-0.25, -0.2) is 0 Å². The Morgan fingerprint density at radius 3 is 2.05 bits per heavy atom. The summed E-state index contributed by atoms with van der Waals surface area (Å²) in [5, 5.41) is 0. The van der Waals surface area contributed by atoms with Crippen LogP contribution in [0, 0.1) is 0 Å². The molecule has 2 aliphatic rings. The van der Waals surface area contributed by atoms with Crippen LogP contribution in [0.15, 0.2) is 48.5 Å². The van der Waals surface area contributed by atoms with Crippen molar-refractivity contribution in [1.82, 2.24) is 0 Å². The Bertz CT molecular complexity index is 1270. The zero-order valence-electron chi connectivity index (χ0n) is 24.5. The maximum atomic E-state index is 12.1. The third-order valence-electron chi connectivity index (χ3n) is 6.67. The maximum Gasteiger partial charge on any atom is 0.303 e. The lowest BCUT2D eigenvalue weighted by Crippen LogP contribution is -2.63. The van der Waals surface area contributed by atoms with E-state index in [2.05, 4.69) is 0 Å². The second-order valence-corrected chi connectivity index (χ2v) is 10.2. The Morgan fingerprint density at radius 1 is 0.767 bits per heavy atom. The van der Waals surface area contributed by atoms with E-state index in [9.17, 15) is 19.2 Å². The Labute approximate surface area is 249 Å². The summed E-state index contributed by atoms with van der Waals surface area (Å²) in [6.07, 6.45) is -4.98. The molecule has 2 saturated heterocycles. The number of ether oxygens (including phenoxy) is 8. The summed E-state index contributed by atoms with van der Waals surface area (Å²) in [6, 6.07) is 14.9. The highest BCUT2D eigenvalue weighted by atomic mass is 16.7. The highest BCUT2D eigenvalue weighted by molar-refractivity contribution is 5.68. The van der Waals surface area contributed by atoms with Crippen LogP contribution in [0.1, 0.15) is 45.2 Å². The maximum absolute atomic E-state index is 12.1. The molecular formula is C31H36O12. The second kappa shape index (κ2) is 14.8. The van der Waals surface area contributed by atoms with E-state index in [0.717, 1.165) is 37.1 Å². The van der Waals surface area contributed by atoms with Crippen LogP contribution in [0.5, 0.6) is 11.5 Å². The van der Waals surface area contributed by atoms with Crippen molar-refractivity contribution < 1.29 is 57.1 Å². The largest absolute Gasteiger partial charge is 0.488 e. The van der Waals surface area contributed by atoms with Gasteiger partial charge in [0.15, 0.2) is 12.2 Å². The number of carbonyl (C=O) groups excluding carboxylic acids is 4. The SMILES string of the molecule is CC(=O)OC[C@H]1O[C@@H](Oc2ccccc2Cc2ccc(OC3CCOC3)cc2)[C@H](OC(C)=O)[C@@H](OC(C)=O)[C@@H]1OC(C)=O. The lowest BCUT2D eigenvalue weighted by molar-refractivity contribution is -0.288. The number of rotatable bonds is 11. The summed E-state index contributed by atoms with van der Waals surface area (Å²) >= 11 is 0. The number of carbonyl (C=O) groups is 4. The van der Waals surface area contributed by atoms with E-state index in [1.54, 1.807) is 12.1 Å². The van der Waals surface area contributed by atoms with Crippen LogP contribution < -0.4 is 9.47 Å². The van der Waals surface area contributed by atoms with Crippen LogP contribution >= 0.6 is 0 Å². The summed E-state index contributed by atoms with van der Waals surface area (Å²) in [4.78, 5) is 47.8. The molecule has 0 aromatic heterocycles. The normalized spacial score (nSPS) is 24.8. The molecule has 0 amide bonds. The topological polar surface area (TPSA) is 142 Å². The highest BCUT2D eigenvalue weighted by Gasteiger charge is 2.53. The lowest BCUT2D eigenvalue weighted by atomic mass is 9.98. The summed E-state index contributed by atoms with van der Waals surface area (Å²) in [7, 11) is 0. The van der Waals surface area contributed by atoms with E-state index < -0.39 is 54.6 Å². The van der Waals surface area contributed by atoms with Crippen molar-refractivity contribution in [3.8, 4) is 11.5 Å². The number of hydrogen-bond donors (Lipinski definition) is 0. The first-order valence-corrected chi connectivity index (χ1v) is 14.0. The molecule has 0 bridgehead atoms. The van der Waals surface area contributed by atoms with Gasteiger partial charge in [0.1, 0.15) is 30.3 Å². The van der Waals surface area contributed by atoms with Gasteiger partial charge in [-0.3, -0.25) is 19.2 Å². The van der Waals surface area contributed by atoms with Gasteiger partial charge in [0, 0.05) is 40.5 Å². The molecule has 4 rings (SSSR count). The molecule has 2 aromatic rings. The van der Waals surface area contributed by atoms with Crippen LogP contribution in [0.25, 0.3) is 0 Å². The minimum absolute atomic E-state index is 0.0431. The number of esters is 4. The van der Waals surface area contributed by atoms with E-state index in [-0.39, 0.29) is 12.7 Å². The Kier molecular flexibility index (Phi) is 11.0. The van der Waals surface area contributed by atoms with Crippen molar-refractivity contribution in [2.45, 2.75) is 77.3 Å². The molecule has 12 nitrogen and oxygen atoms in total. The first-order chi connectivity index (χ1) is 20.6. The molecule has 1 unspecified atom stereocenters. The molecule has 0 saturated carbocycles. The van der Waals surface area contributed by atoms with Gasteiger partial charge in [0.2, 0.25) is 12.4 Å². The van der Waals surface area contributed by atoms with E-state index >= 15 is 0 Å². The standard InChI is InChI=1S/C31H36O12/c1-18(32)37-17-27-28(38-19(2)33)29(39-20(3)34)30(40-21(4)35)31(43-27)42-26-8-6-5-7-23(26)15-22-9-11-24(12-10-22)41-25-13-14-36-16-25/h5-12,25,27-31H,13-17H2,1-4H3/t25?,27-,28-,29+,30-,31-/m1/s1. The average molecular weight is 601 g/mol. The van der Waals surface area contributed by atoms with Crippen LogP contribution in [0.3, 0.4) is 0 Å². The van der Waals surface area contributed by atoms with Crippen LogP contribution in [-0.2, 0) is 54.0 Å². The lowest BCUT2D eigenvalue weighted by Gasteiger charge is -2.44. The van der Waals surface area contributed by atoms with E-state index in [1.165, 1.54) is 13.8 Å². The Hall–Kier alpha value is -4.16. The van der Waals surface area contributed by atoms with Crippen LogP contribution in [-0.4, -0.2) is 80.5 Å². The quantitative estimate of drug-likeness (QED) is 0.276. The summed E-state index contributed by atoms with van der Waals surface area (Å²) < 4.78 is 45.3. The van der Waals surface area contributed by atoms with Gasteiger partial charge in [0.05, 0.1) is 13.2 Å². The van der Waals surface area contributed by atoms with Gasteiger partial charge >= 0.3 is 23.9 Å². The number of benzene rings is 2. The molecular weight excluding hydrogens is 564 g/mol. The molecule has 2 heterocycles. The van der Waals surface area contributed by atoms with E-state index in [4.69, 9.17) is 37.9 Å². The molecule has 0 spiro atoms. The molecule has 2 aromatic carbocycles. The Morgan fingerprint density at radius 2 is 1.42 bits per heavy atom. The monoisotopic (exact) mass is 600 g/mol. The van der Waals surface area contributed by atoms with Crippen molar-refractivity contribution in [3.63, 3.8) is 0 Å². The van der Waals surface area contributed by atoms with Crippen LogP contribution in [0.2, 0.25) is 0 Å². The predicted octanol–water partition coefficient (Wildman–Crippen LogP) is 2.91. The molecule has 0 aliphatic carbocycles. The fourth-order valence-electron chi connectivity index (χ4n) is 4.88. The summed E-state index contributed by atoms with van der Waals surface area (Å²) in [5.74, 6) is -1.59. The first kappa shape index (κ1) is 31.8. The summed E-state index contributed by atoms with van der Waals surface area (Å²) in [5.41, 5.74) is 1.76. The molecule has 6 atom stereocenters. The smallest absolute Gasteiger partial charge is 0.303 e. The second-order valence-electron chi connectivity index (χ2n) is 10.2. The number of para-hydroxylation sites is 1. The zero-order valence-corrected chi connectivity index (χ0v) is 24.5. The summed E-state index contributed by atoms with van der Waals surface area (Å²) in [6.45, 7) is 5.63. The van der Waals surface area contributed by atoms with Crippen molar-refractivity contribution >= 4 is 23.9 Å². The van der Waals surface area contributed by atoms with Crippen molar-refractivity contribution in [2.24, 2.45) is 0 Å². The first-order valence-electron chi connectivity index (χ1n) is 14.0. The fourth-order valence-corrected chi connectivity index (χ4v) is 4.88. The molecule has 43 heavy (non-hydrogen) atoms. The molecule has 0 radical (unpaired) electrons. The van der Waals surface area contributed by atoms with Crippen LogP contribution in [0.4, 0.5) is 0 Å². The molecule has 12 heteroatoms. The third-order valence-corrected chi connectivity index (χ3v) is 6.67. The van der Waals surface area contributed by atoms with Crippen molar-refractivity contribution in [1.29, 1.82) is 0 Å².